The van der Waals surface area contributed by atoms with Crippen LogP contribution in [0.4, 0.5) is 0 Å². The summed E-state index contributed by atoms with van der Waals surface area (Å²) in [4.78, 5) is 37.1. The summed E-state index contributed by atoms with van der Waals surface area (Å²) in [5, 5.41) is 10.4. The van der Waals surface area contributed by atoms with E-state index in [0.717, 1.165) is 4.57 Å². The fourth-order valence-electron chi connectivity index (χ4n) is 2.47. The first kappa shape index (κ1) is 19.4. The van der Waals surface area contributed by atoms with Gasteiger partial charge in [0.05, 0.1) is 11.5 Å². The van der Waals surface area contributed by atoms with E-state index in [-0.39, 0.29) is 6.79 Å². The first-order valence-corrected chi connectivity index (χ1v) is 8.09. The van der Waals surface area contributed by atoms with Gasteiger partial charge in [-0.05, 0) is 27.2 Å². The van der Waals surface area contributed by atoms with Crippen molar-refractivity contribution < 1.29 is 24.1 Å². The van der Waals surface area contributed by atoms with Gasteiger partial charge >= 0.3 is 11.7 Å². The molecule has 2 heterocycles. The number of aliphatic hydroxyl groups is 1. The second kappa shape index (κ2) is 7.51. The smallest absolute Gasteiger partial charge is 0.330 e. The lowest BCUT2D eigenvalue weighted by atomic mass is 9.98. The Hall–Kier alpha value is -1.97. The molecule has 25 heavy (non-hydrogen) atoms. The van der Waals surface area contributed by atoms with Crippen molar-refractivity contribution in [2.24, 2.45) is 5.41 Å². The number of nitrogens with one attached hydrogen (secondary N) is 1. The molecule has 1 saturated heterocycles. The van der Waals surface area contributed by atoms with Crippen LogP contribution in [-0.2, 0) is 19.0 Å². The number of hydrogen-bond donors (Lipinski definition) is 2. The lowest BCUT2D eigenvalue weighted by Crippen LogP contribution is -2.39. The standard InChI is InChI=1S/C16H24N2O7/c1-5-9-11(20)12(23-8-24-14(21)16(2,3)4)13(25-9)18-7-6-10(19)17-15(18)22/h6-7,9,11-13,20H,5,8H2,1-4H3,(H,17,19,22)/t9-,11?,12+,13-/m1/s1. The monoisotopic (exact) mass is 356 g/mol. The van der Waals surface area contributed by atoms with E-state index in [1.807, 2.05) is 6.92 Å². The molecular weight excluding hydrogens is 332 g/mol. The molecule has 4 atom stereocenters. The van der Waals surface area contributed by atoms with Crippen molar-refractivity contribution in [3.63, 3.8) is 0 Å². The molecule has 1 aliphatic heterocycles. The Morgan fingerprint density at radius 1 is 1.40 bits per heavy atom. The van der Waals surface area contributed by atoms with Gasteiger partial charge in [-0.3, -0.25) is 19.1 Å². The highest BCUT2D eigenvalue weighted by molar-refractivity contribution is 5.75. The van der Waals surface area contributed by atoms with Gasteiger partial charge in [-0.25, -0.2) is 4.79 Å². The fraction of sp³-hybridized carbons (Fsp3) is 0.688. The molecule has 9 heteroatoms. The van der Waals surface area contributed by atoms with Gasteiger partial charge < -0.3 is 19.3 Å². The molecule has 140 valence electrons. The van der Waals surface area contributed by atoms with Crippen LogP contribution in [0.2, 0.25) is 0 Å². The first-order valence-electron chi connectivity index (χ1n) is 8.09. The van der Waals surface area contributed by atoms with Gasteiger partial charge in [-0.15, -0.1) is 0 Å². The molecule has 1 aliphatic rings. The summed E-state index contributed by atoms with van der Waals surface area (Å²) in [6, 6.07) is 1.17. The van der Waals surface area contributed by atoms with E-state index in [9.17, 15) is 19.5 Å². The third-order valence-electron chi connectivity index (χ3n) is 3.90. The highest BCUT2D eigenvalue weighted by Crippen LogP contribution is 2.32. The SMILES string of the molecule is CC[C@H]1O[C@@H](n2ccc(=O)[nH]c2=O)[C@@H](OCOC(=O)C(C)(C)C)C1O. The molecule has 0 saturated carbocycles. The van der Waals surface area contributed by atoms with Gasteiger partial charge in [0, 0.05) is 12.3 Å². The minimum atomic E-state index is -1.01. The number of aliphatic hydroxyl groups excluding tert-OH is 1. The van der Waals surface area contributed by atoms with E-state index in [4.69, 9.17) is 14.2 Å². The Bertz CT molecular complexity index is 718. The number of hydrogen-bond acceptors (Lipinski definition) is 7. The summed E-state index contributed by atoms with van der Waals surface area (Å²) in [7, 11) is 0. The van der Waals surface area contributed by atoms with Crippen LogP contribution in [0.5, 0.6) is 0 Å². The highest BCUT2D eigenvalue weighted by atomic mass is 16.7. The predicted octanol–water partition coefficient (Wildman–Crippen LogP) is 0.137. The summed E-state index contributed by atoms with van der Waals surface area (Å²) in [6.45, 7) is 6.56. The van der Waals surface area contributed by atoms with Gasteiger partial charge in [0.15, 0.2) is 13.0 Å². The van der Waals surface area contributed by atoms with Crippen molar-refractivity contribution in [2.45, 2.75) is 58.7 Å². The van der Waals surface area contributed by atoms with Crippen LogP contribution in [0.1, 0.15) is 40.3 Å². The van der Waals surface area contributed by atoms with Gasteiger partial charge in [0.1, 0.15) is 12.2 Å². The molecule has 0 aliphatic carbocycles. The zero-order chi connectivity index (χ0) is 18.8. The van der Waals surface area contributed by atoms with Crippen LogP contribution >= 0.6 is 0 Å². The highest BCUT2D eigenvalue weighted by Gasteiger charge is 2.45. The lowest BCUT2D eigenvalue weighted by Gasteiger charge is -2.23. The fourth-order valence-corrected chi connectivity index (χ4v) is 2.47. The quantitative estimate of drug-likeness (QED) is 0.568. The summed E-state index contributed by atoms with van der Waals surface area (Å²) in [6.07, 6.45) is -1.67. The molecular formula is C16H24N2O7. The molecule has 0 radical (unpaired) electrons. The average Bonchev–Trinajstić information content (AvgIpc) is 2.83. The summed E-state index contributed by atoms with van der Waals surface area (Å²) in [5.74, 6) is -0.453. The normalized spacial score (nSPS) is 26.6. The minimum Gasteiger partial charge on any atom is -0.438 e. The first-order chi connectivity index (χ1) is 11.6. The van der Waals surface area contributed by atoms with Gasteiger partial charge in [0.25, 0.3) is 5.56 Å². The van der Waals surface area contributed by atoms with E-state index >= 15 is 0 Å². The topological polar surface area (TPSA) is 120 Å². The Balaban J connectivity index is 2.15. The van der Waals surface area contributed by atoms with Crippen molar-refractivity contribution in [1.29, 1.82) is 0 Å². The van der Waals surface area contributed by atoms with E-state index < -0.39 is 47.2 Å². The van der Waals surface area contributed by atoms with Crippen molar-refractivity contribution in [3.8, 4) is 0 Å². The summed E-state index contributed by atoms with van der Waals surface area (Å²) < 4.78 is 17.4. The Kier molecular flexibility index (Phi) is 5.81. The molecule has 1 aromatic rings. The molecule has 2 N–H and O–H groups in total. The Morgan fingerprint density at radius 2 is 2.08 bits per heavy atom. The third-order valence-corrected chi connectivity index (χ3v) is 3.90. The Morgan fingerprint density at radius 3 is 2.64 bits per heavy atom. The summed E-state index contributed by atoms with van der Waals surface area (Å²) in [5.41, 5.74) is -1.90. The van der Waals surface area contributed by atoms with Crippen LogP contribution in [0, 0.1) is 5.41 Å². The second-order valence-electron chi connectivity index (χ2n) is 6.91. The zero-order valence-corrected chi connectivity index (χ0v) is 14.7. The molecule has 2 rings (SSSR count). The maximum absolute atomic E-state index is 12.0. The number of aromatic amines is 1. The minimum absolute atomic E-state index is 0.383. The number of H-pyrrole nitrogens is 1. The number of aromatic nitrogens is 2. The van der Waals surface area contributed by atoms with Crippen LogP contribution in [0.25, 0.3) is 0 Å². The van der Waals surface area contributed by atoms with Crippen molar-refractivity contribution >= 4 is 5.97 Å². The van der Waals surface area contributed by atoms with E-state index in [2.05, 4.69) is 4.98 Å². The number of nitrogens with zero attached hydrogens (tertiary/aromatic N) is 1. The molecule has 1 fully saturated rings. The summed E-state index contributed by atoms with van der Waals surface area (Å²) >= 11 is 0. The van der Waals surface area contributed by atoms with E-state index in [0.29, 0.717) is 6.42 Å². The number of esters is 1. The number of rotatable bonds is 5. The predicted molar refractivity (Wildman–Crippen MR) is 86.8 cm³/mol. The molecule has 0 aromatic carbocycles. The van der Waals surface area contributed by atoms with Gasteiger partial charge in [-0.1, -0.05) is 6.92 Å². The number of ether oxygens (including phenoxy) is 3. The lowest BCUT2D eigenvalue weighted by molar-refractivity contribution is -0.179. The largest absolute Gasteiger partial charge is 0.438 e. The van der Waals surface area contributed by atoms with Gasteiger partial charge in [0.2, 0.25) is 0 Å². The second-order valence-corrected chi connectivity index (χ2v) is 6.91. The van der Waals surface area contributed by atoms with Crippen molar-refractivity contribution in [1.82, 2.24) is 9.55 Å². The van der Waals surface area contributed by atoms with Crippen LogP contribution in [-0.4, -0.2) is 45.7 Å². The van der Waals surface area contributed by atoms with E-state index in [1.165, 1.54) is 12.3 Å². The molecule has 1 unspecified atom stereocenters. The Labute approximate surface area is 144 Å². The number of carbonyl (C=O) groups is 1. The zero-order valence-electron chi connectivity index (χ0n) is 14.7. The number of carbonyl (C=O) groups excluding carboxylic acids is 1. The van der Waals surface area contributed by atoms with Crippen LogP contribution in [0.3, 0.4) is 0 Å². The third kappa shape index (κ3) is 4.36. The molecule has 0 amide bonds. The maximum atomic E-state index is 12.0. The van der Waals surface area contributed by atoms with E-state index in [1.54, 1.807) is 20.8 Å². The molecule has 0 spiro atoms. The van der Waals surface area contributed by atoms with Crippen LogP contribution in [0.15, 0.2) is 21.9 Å². The average molecular weight is 356 g/mol. The van der Waals surface area contributed by atoms with Crippen LogP contribution < -0.4 is 11.2 Å². The van der Waals surface area contributed by atoms with Crippen molar-refractivity contribution in [3.05, 3.63) is 33.1 Å². The molecule has 9 nitrogen and oxygen atoms in total. The van der Waals surface area contributed by atoms with Crippen molar-refractivity contribution in [2.75, 3.05) is 6.79 Å². The maximum Gasteiger partial charge on any atom is 0.330 e. The van der Waals surface area contributed by atoms with Gasteiger partial charge in [-0.2, -0.15) is 0 Å². The molecule has 1 aromatic heterocycles. The molecule has 0 bridgehead atoms.